The van der Waals surface area contributed by atoms with Gasteiger partial charge in [0, 0.05) is 17.1 Å². The number of esters is 2. The average molecular weight is 486 g/mol. The van der Waals surface area contributed by atoms with Gasteiger partial charge in [-0.2, -0.15) is 13.2 Å². The molecule has 0 bridgehead atoms. The predicted octanol–water partition coefficient (Wildman–Crippen LogP) is 3.17. The highest BCUT2D eigenvalue weighted by Gasteiger charge is 2.31. The van der Waals surface area contributed by atoms with E-state index < -0.39 is 48.3 Å². The Morgan fingerprint density at radius 1 is 1.15 bits per heavy atom. The Labute approximate surface area is 190 Å². The molecule has 2 heterocycles. The normalized spacial score (nSPS) is 13.6. The third-order valence-electron chi connectivity index (χ3n) is 5.04. The number of nitrogens with zero attached hydrogens (tertiary/aromatic N) is 1. The zero-order chi connectivity index (χ0) is 24.2. The third-order valence-corrected chi connectivity index (χ3v) is 6.25. The number of hydrogen-bond donors (Lipinski definition) is 1. The average Bonchev–Trinajstić information content (AvgIpc) is 2.92. The van der Waals surface area contributed by atoms with Gasteiger partial charge in [-0.25, -0.2) is 4.79 Å². The summed E-state index contributed by atoms with van der Waals surface area (Å²) in [5.74, 6) is -2.38. The first-order chi connectivity index (χ1) is 15.6. The number of carbonyl (C=O) groups excluding carboxylic acids is 3. The third kappa shape index (κ3) is 6.01. The lowest BCUT2D eigenvalue weighted by Crippen LogP contribution is -2.28. The highest BCUT2D eigenvalue weighted by atomic mass is 32.1. The summed E-state index contributed by atoms with van der Waals surface area (Å²) < 4.78 is 48.6. The van der Waals surface area contributed by atoms with Crippen molar-refractivity contribution in [3.63, 3.8) is 0 Å². The fourth-order valence-electron chi connectivity index (χ4n) is 3.46. The van der Waals surface area contributed by atoms with Gasteiger partial charge in [-0.05, 0) is 37.3 Å². The maximum atomic E-state index is 12.8. The van der Waals surface area contributed by atoms with Crippen LogP contribution in [0.4, 0.5) is 18.2 Å². The largest absolute Gasteiger partial charge is 0.465 e. The summed E-state index contributed by atoms with van der Waals surface area (Å²) in [6, 6.07) is 1.30. The van der Waals surface area contributed by atoms with Gasteiger partial charge in [-0.1, -0.05) is 6.42 Å². The number of rotatable bonds is 6. The number of anilines is 1. The lowest BCUT2D eigenvalue weighted by molar-refractivity contribution is -0.148. The first-order valence-electron chi connectivity index (χ1n) is 10.1. The van der Waals surface area contributed by atoms with Gasteiger partial charge in [0.25, 0.3) is 11.5 Å². The molecular weight excluding hydrogens is 465 g/mol. The smallest absolute Gasteiger partial charge is 0.417 e. The molecule has 178 valence electrons. The highest BCUT2D eigenvalue weighted by molar-refractivity contribution is 7.17. The van der Waals surface area contributed by atoms with Crippen molar-refractivity contribution in [1.82, 2.24) is 4.57 Å². The van der Waals surface area contributed by atoms with Crippen molar-refractivity contribution in [3.8, 4) is 0 Å². The molecule has 1 N–H and O–H groups in total. The van der Waals surface area contributed by atoms with Gasteiger partial charge < -0.3 is 19.4 Å². The Morgan fingerprint density at radius 2 is 1.88 bits per heavy atom. The second kappa shape index (κ2) is 10.2. The van der Waals surface area contributed by atoms with Gasteiger partial charge in [0.05, 0.1) is 18.2 Å². The molecule has 0 unspecified atom stereocenters. The molecule has 1 aliphatic rings. The Hall–Kier alpha value is -3.15. The van der Waals surface area contributed by atoms with Crippen LogP contribution in [0.3, 0.4) is 0 Å². The minimum absolute atomic E-state index is 0.287. The monoisotopic (exact) mass is 486 g/mol. The van der Waals surface area contributed by atoms with E-state index in [1.165, 1.54) is 18.4 Å². The number of nitrogens with one attached hydrogen (secondary N) is 1. The molecule has 0 saturated heterocycles. The number of pyridine rings is 1. The quantitative estimate of drug-likeness (QED) is 0.497. The number of hydrogen-bond acceptors (Lipinski definition) is 7. The Bertz CT molecular complexity index is 1120. The van der Waals surface area contributed by atoms with Gasteiger partial charge in [0.15, 0.2) is 6.61 Å². The molecule has 0 saturated carbocycles. The van der Waals surface area contributed by atoms with Gasteiger partial charge in [0.1, 0.15) is 11.5 Å². The molecule has 0 aromatic carbocycles. The summed E-state index contributed by atoms with van der Waals surface area (Å²) in [6.07, 6.45) is 0.199. The van der Waals surface area contributed by atoms with Crippen LogP contribution < -0.4 is 10.9 Å². The second-order valence-electron chi connectivity index (χ2n) is 7.35. The van der Waals surface area contributed by atoms with E-state index in [1.807, 2.05) is 0 Å². The summed E-state index contributed by atoms with van der Waals surface area (Å²) in [5, 5.41) is 2.84. The summed E-state index contributed by atoms with van der Waals surface area (Å²) in [7, 11) is 1.24. The Kier molecular flexibility index (Phi) is 7.57. The van der Waals surface area contributed by atoms with E-state index in [2.05, 4.69) is 5.32 Å². The summed E-state index contributed by atoms with van der Waals surface area (Å²) >= 11 is 1.26. The number of fused-ring (bicyclic) bond motifs is 1. The fourth-order valence-corrected chi connectivity index (χ4v) is 4.76. The van der Waals surface area contributed by atoms with Gasteiger partial charge in [-0.15, -0.1) is 11.3 Å². The lowest BCUT2D eigenvalue weighted by atomic mass is 10.1. The topological polar surface area (TPSA) is 104 Å². The summed E-state index contributed by atoms with van der Waals surface area (Å²) in [6.45, 7) is -1.54. The van der Waals surface area contributed by atoms with E-state index in [0.29, 0.717) is 34.3 Å². The summed E-state index contributed by atoms with van der Waals surface area (Å²) in [5.41, 5.74) is -0.789. The van der Waals surface area contributed by atoms with Crippen molar-refractivity contribution >= 4 is 34.2 Å². The van der Waals surface area contributed by atoms with Gasteiger partial charge >= 0.3 is 18.1 Å². The minimum atomic E-state index is -4.69. The number of methoxy groups -OCH3 is 1. The number of carbonyl (C=O) groups is 3. The minimum Gasteiger partial charge on any atom is -0.465 e. The molecule has 2 aromatic rings. The van der Waals surface area contributed by atoms with Crippen LogP contribution in [0.15, 0.2) is 23.1 Å². The van der Waals surface area contributed by atoms with Crippen molar-refractivity contribution in [1.29, 1.82) is 0 Å². The SMILES string of the molecule is COC(=O)c1c(NC(=O)COC(=O)Cn2cc(C(F)(F)F)ccc2=O)sc2c1CCCCC2. The molecule has 0 spiro atoms. The van der Waals surface area contributed by atoms with E-state index in [4.69, 9.17) is 9.47 Å². The van der Waals surface area contributed by atoms with Gasteiger partial charge in [-0.3, -0.25) is 14.4 Å². The highest BCUT2D eigenvalue weighted by Crippen LogP contribution is 2.38. The molecule has 8 nitrogen and oxygen atoms in total. The zero-order valence-electron chi connectivity index (χ0n) is 17.6. The zero-order valence-corrected chi connectivity index (χ0v) is 18.4. The van der Waals surface area contributed by atoms with Crippen LogP contribution >= 0.6 is 11.3 Å². The van der Waals surface area contributed by atoms with Crippen molar-refractivity contribution in [3.05, 3.63) is 50.3 Å². The molecule has 0 radical (unpaired) electrons. The predicted molar refractivity (Wildman–Crippen MR) is 112 cm³/mol. The van der Waals surface area contributed by atoms with Crippen LogP contribution in [0.5, 0.6) is 0 Å². The van der Waals surface area contributed by atoms with Crippen molar-refractivity contribution in [2.45, 2.75) is 44.8 Å². The number of ether oxygens (including phenoxy) is 2. The van der Waals surface area contributed by atoms with E-state index in [0.717, 1.165) is 36.1 Å². The maximum absolute atomic E-state index is 12.8. The lowest BCUT2D eigenvalue weighted by Gasteiger charge is -2.11. The molecular formula is C21H21F3N2O6S. The number of amides is 1. The van der Waals surface area contributed by atoms with Crippen LogP contribution in [-0.4, -0.2) is 36.1 Å². The van der Waals surface area contributed by atoms with Crippen molar-refractivity contribution < 1.29 is 37.0 Å². The first-order valence-corrected chi connectivity index (χ1v) is 10.9. The van der Waals surface area contributed by atoms with Crippen LogP contribution in [0.2, 0.25) is 0 Å². The van der Waals surface area contributed by atoms with Crippen molar-refractivity contribution in [2.75, 3.05) is 19.0 Å². The molecule has 3 rings (SSSR count). The summed E-state index contributed by atoms with van der Waals surface area (Å²) in [4.78, 5) is 49.3. The Balaban J connectivity index is 1.65. The Morgan fingerprint density at radius 3 is 2.58 bits per heavy atom. The number of alkyl halides is 3. The van der Waals surface area contributed by atoms with Gasteiger partial charge in [0.2, 0.25) is 0 Å². The number of thiophene rings is 1. The molecule has 33 heavy (non-hydrogen) atoms. The number of aryl methyl sites for hydroxylation is 1. The second-order valence-corrected chi connectivity index (χ2v) is 8.46. The first kappa shape index (κ1) is 24.5. The molecule has 0 fully saturated rings. The van der Waals surface area contributed by atoms with Crippen LogP contribution in [0.25, 0.3) is 0 Å². The maximum Gasteiger partial charge on any atom is 0.417 e. The number of halogens is 3. The molecule has 12 heteroatoms. The molecule has 0 atom stereocenters. The standard InChI is InChI=1S/C21H21F3N2O6S/c1-31-20(30)18-13-5-3-2-4-6-14(13)33-19(18)25-15(27)11-32-17(29)10-26-9-12(21(22,23)24)7-8-16(26)28/h7-9H,2-6,10-11H2,1H3,(H,25,27). The van der Waals surface area contributed by atoms with Crippen LogP contribution in [-0.2, 0) is 44.6 Å². The van der Waals surface area contributed by atoms with Crippen molar-refractivity contribution in [2.24, 2.45) is 0 Å². The van der Waals surface area contributed by atoms with Crippen LogP contribution in [0.1, 0.15) is 45.6 Å². The molecule has 2 aromatic heterocycles. The van der Waals surface area contributed by atoms with Crippen LogP contribution in [0, 0.1) is 0 Å². The fraction of sp³-hybridized carbons (Fsp3) is 0.429. The molecule has 1 amide bonds. The van der Waals surface area contributed by atoms with E-state index in [9.17, 15) is 32.3 Å². The van der Waals surface area contributed by atoms with E-state index in [-0.39, 0.29) is 5.56 Å². The molecule has 1 aliphatic carbocycles. The number of aromatic nitrogens is 1. The van der Waals surface area contributed by atoms with E-state index in [1.54, 1.807) is 0 Å². The molecule has 0 aliphatic heterocycles. The van der Waals surface area contributed by atoms with E-state index >= 15 is 0 Å².